The van der Waals surface area contributed by atoms with Crippen LogP contribution in [0.2, 0.25) is 0 Å². The van der Waals surface area contributed by atoms with Crippen LogP contribution in [0.25, 0.3) is 0 Å². The maximum Gasteiger partial charge on any atom is 0.243 e. The van der Waals surface area contributed by atoms with Gasteiger partial charge in [0.15, 0.2) is 17.9 Å². The molecule has 0 saturated heterocycles. The number of hydrogen-bond donors (Lipinski definition) is 19. The molecule has 0 aromatic heterocycles. The highest BCUT2D eigenvalue weighted by Crippen LogP contribution is 2.16. The number of aldehydes is 1. The van der Waals surface area contributed by atoms with Crippen LogP contribution in [0.5, 0.6) is 0 Å². The molecule has 0 aliphatic heterocycles. The summed E-state index contributed by atoms with van der Waals surface area (Å²) in [7, 11) is 0. The van der Waals surface area contributed by atoms with Gasteiger partial charge in [-0.05, 0) is 91.0 Å². The van der Waals surface area contributed by atoms with Crippen molar-refractivity contribution < 1.29 is 47.9 Å². The van der Waals surface area contributed by atoms with Crippen molar-refractivity contribution in [2.24, 2.45) is 34.8 Å². The van der Waals surface area contributed by atoms with Crippen LogP contribution < -0.4 is 86.7 Å². The van der Waals surface area contributed by atoms with Crippen LogP contribution >= 0.6 is 0 Å². The lowest BCUT2D eigenvalue weighted by Gasteiger charge is -2.30. The minimum Gasteiger partial charge on any atom is -0.370 e. The third kappa shape index (κ3) is 30.9. The first-order valence-corrected chi connectivity index (χ1v) is 35.2. The number of guanidine groups is 3. The van der Waals surface area contributed by atoms with Crippen LogP contribution in [0, 0.1) is 28.1 Å². The molecular weight excluding hydrogens is 1330 g/mol. The van der Waals surface area contributed by atoms with E-state index in [2.05, 4.69) is 63.8 Å². The first-order valence-electron chi connectivity index (χ1n) is 35.2. The predicted octanol–water partition coefficient (Wildman–Crippen LogP) is 0.971. The summed E-state index contributed by atoms with van der Waals surface area (Å²) in [5, 5.41) is 56.2. The molecule has 0 aliphatic rings. The molecule has 560 valence electrons. The van der Waals surface area contributed by atoms with Gasteiger partial charge in [-0.2, -0.15) is 0 Å². The number of carbonyl (C=O) groups excluding carboxylic acids is 10. The molecular formula is C75H105N19O10. The molecule has 5 aromatic carbocycles. The van der Waals surface area contributed by atoms with Crippen molar-refractivity contribution in [3.05, 3.63) is 179 Å². The van der Waals surface area contributed by atoms with Gasteiger partial charge in [0.2, 0.25) is 53.2 Å². The fraction of sp³-hybridized carbons (Fsp3) is 0.427. The van der Waals surface area contributed by atoms with Gasteiger partial charge in [-0.3, -0.25) is 59.4 Å². The Morgan fingerprint density at radius 1 is 0.365 bits per heavy atom. The Kier molecular flexibility index (Phi) is 36.0. The Bertz CT molecular complexity index is 3580. The normalized spacial score (nSPS) is 14.1. The van der Waals surface area contributed by atoms with E-state index in [-0.39, 0.29) is 114 Å². The first-order chi connectivity index (χ1) is 49.8. The fourth-order valence-electron chi connectivity index (χ4n) is 11.4. The van der Waals surface area contributed by atoms with Gasteiger partial charge in [-0.15, -0.1) is 0 Å². The Hall–Kier alpha value is -11.2. The van der Waals surface area contributed by atoms with Crippen LogP contribution in [0.15, 0.2) is 152 Å². The second kappa shape index (κ2) is 44.9. The summed E-state index contributed by atoms with van der Waals surface area (Å²) >= 11 is 0. The molecule has 0 radical (unpaired) electrons. The number of nitrogens with one attached hydrogen (secondary N) is 15. The van der Waals surface area contributed by atoms with Gasteiger partial charge < -0.3 is 91.5 Å². The monoisotopic (exact) mass is 1430 g/mol. The van der Waals surface area contributed by atoms with Crippen molar-refractivity contribution in [2.45, 2.75) is 172 Å². The van der Waals surface area contributed by atoms with E-state index in [9.17, 15) is 38.4 Å². The summed E-state index contributed by atoms with van der Waals surface area (Å²) in [5.74, 6) is -8.63. The van der Waals surface area contributed by atoms with Crippen molar-refractivity contribution in [3.63, 3.8) is 0 Å². The van der Waals surface area contributed by atoms with E-state index in [0.29, 0.717) is 41.4 Å². The van der Waals surface area contributed by atoms with Crippen LogP contribution in [0.3, 0.4) is 0 Å². The molecule has 23 N–H and O–H groups in total. The Morgan fingerprint density at radius 2 is 0.644 bits per heavy atom. The molecule has 104 heavy (non-hydrogen) atoms. The number of amides is 9. The molecule has 0 bridgehead atoms. The number of nitrogens with two attached hydrogens (primary N) is 4. The standard InChI is InChI=1S/C75H105N19O10/c1-5-48(4)63(72(104)93-62(45-53-32-19-10-20-33-53)71(103)92-61(44-52-30-17-9-18-31-52)70(102)91-59(42-50-26-13-7-14-27-50)67(99)86-54(46-95)41-49-24-11-6-12-25-49)94-66(98)57(36-23-39-85-75(81)82)87-65(97)56(35-22-38-84-74(79)80)88-68(100)58(40-47(2)3)90-69(101)60(43-51-28-15-8-16-29-51)89-64(96)55(76)34-21-37-83-73(77)78/h6-20,24-33,46-48,54-63H,5,21-23,34-45,76H2,1-4H3,(H,86,99)(H,87,97)(H,88,100)(H,89,96)(H,90,101)(H,91,102)(H,92,103)(H,93,104)(H,94,98)(H4,77,78,83)(H4,79,80,84)(H4,81,82,85)/t48-,54-,55-,56-,57-,58-,59-,60-,61-,62-,63-/m0/s1. The van der Waals surface area contributed by atoms with E-state index in [1.807, 2.05) is 44.2 Å². The molecule has 29 heteroatoms. The number of rotatable bonds is 45. The van der Waals surface area contributed by atoms with Gasteiger partial charge in [0.25, 0.3) is 0 Å². The molecule has 0 aliphatic carbocycles. The van der Waals surface area contributed by atoms with Crippen molar-refractivity contribution in [1.82, 2.24) is 63.8 Å². The van der Waals surface area contributed by atoms with Gasteiger partial charge in [0.05, 0.1) is 12.1 Å². The van der Waals surface area contributed by atoms with Gasteiger partial charge in [0.1, 0.15) is 54.6 Å². The Morgan fingerprint density at radius 3 is 0.981 bits per heavy atom. The van der Waals surface area contributed by atoms with Gasteiger partial charge in [-0.1, -0.05) is 186 Å². The van der Waals surface area contributed by atoms with Crippen molar-refractivity contribution in [3.8, 4) is 0 Å². The quantitative estimate of drug-likeness (QED) is 0.0112. The smallest absolute Gasteiger partial charge is 0.243 e. The molecule has 0 fully saturated rings. The van der Waals surface area contributed by atoms with Crippen LogP contribution in [-0.2, 0) is 80.0 Å². The molecule has 0 saturated carbocycles. The van der Waals surface area contributed by atoms with Crippen LogP contribution in [-0.4, -0.2) is 157 Å². The molecule has 0 spiro atoms. The largest absolute Gasteiger partial charge is 0.370 e. The number of hydrogen-bond acceptors (Lipinski definition) is 14. The molecule has 29 nitrogen and oxygen atoms in total. The average Bonchev–Trinajstić information content (AvgIpc) is 0.848. The lowest BCUT2D eigenvalue weighted by Crippen LogP contribution is -2.62. The summed E-state index contributed by atoms with van der Waals surface area (Å²) in [6.45, 7) is 7.58. The zero-order valence-electron chi connectivity index (χ0n) is 59.6. The molecule has 0 heterocycles. The number of benzene rings is 5. The minimum atomic E-state index is -1.43. The van der Waals surface area contributed by atoms with E-state index in [1.54, 1.807) is 135 Å². The van der Waals surface area contributed by atoms with Gasteiger partial charge in [-0.25, -0.2) is 0 Å². The second-order valence-electron chi connectivity index (χ2n) is 26.2. The van der Waals surface area contributed by atoms with Gasteiger partial charge in [0, 0.05) is 45.3 Å². The van der Waals surface area contributed by atoms with E-state index in [4.69, 9.17) is 39.2 Å². The highest BCUT2D eigenvalue weighted by atomic mass is 16.2. The van der Waals surface area contributed by atoms with Crippen LogP contribution in [0.4, 0.5) is 0 Å². The number of carbonyl (C=O) groups is 10. The molecule has 5 aromatic rings. The summed E-state index contributed by atoms with van der Waals surface area (Å²) in [6, 6.07) is 31.8. The van der Waals surface area contributed by atoms with Crippen molar-refractivity contribution >= 4 is 77.3 Å². The summed E-state index contributed by atoms with van der Waals surface area (Å²) < 4.78 is 0. The topological polar surface area (TPSA) is 491 Å². The zero-order valence-corrected chi connectivity index (χ0v) is 59.6. The molecule has 9 amide bonds. The first kappa shape index (κ1) is 83.4. The average molecular weight is 1430 g/mol. The van der Waals surface area contributed by atoms with E-state index in [0.717, 1.165) is 5.56 Å². The van der Waals surface area contributed by atoms with E-state index >= 15 is 9.59 Å². The lowest BCUT2D eigenvalue weighted by atomic mass is 9.96. The molecule has 0 unspecified atom stereocenters. The SMILES string of the molecule is CC[C@H](C)[C@H](NC(=O)[C@H](CCCNC(=N)N)NC(=O)[C@H](CCCNC(=N)N)NC(=O)[C@H](CC(C)C)NC(=O)[C@H](Cc1ccccc1)NC(=O)[C@@H](N)CCCNC(=N)N)C(=O)N[C@@H](Cc1ccccc1)C(=O)N[C@@H](Cc1ccccc1)C(=O)N[C@@H](Cc1ccccc1)C(=O)N[C@H](C=O)Cc1ccccc1. The third-order valence-electron chi connectivity index (χ3n) is 17.2. The molecule has 5 rings (SSSR count). The maximum atomic E-state index is 15.1. The van der Waals surface area contributed by atoms with Gasteiger partial charge >= 0.3 is 0 Å². The lowest BCUT2D eigenvalue weighted by molar-refractivity contribution is -0.136. The third-order valence-corrected chi connectivity index (χ3v) is 17.2. The Labute approximate surface area is 608 Å². The maximum absolute atomic E-state index is 15.1. The highest BCUT2D eigenvalue weighted by Gasteiger charge is 2.37. The molecule has 11 atom stereocenters. The highest BCUT2D eigenvalue weighted by molar-refractivity contribution is 5.99. The summed E-state index contributed by atoms with van der Waals surface area (Å²) in [6.07, 6.45) is 1.68. The summed E-state index contributed by atoms with van der Waals surface area (Å²) in [5.41, 5.74) is 26.3. The predicted molar refractivity (Wildman–Crippen MR) is 399 cm³/mol. The van der Waals surface area contributed by atoms with E-state index < -0.39 is 120 Å². The Balaban J connectivity index is 1.44. The minimum absolute atomic E-state index is 0.00857. The van der Waals surface area contributed by atoms with Crippen molar-refractivity contribution in [1.29, 1.82) is 16.2 Å². The second-order valence-corrected chi connectivity index (χ2v) is 26.2. The fourth-order valence-corrected chi connectivity index (χ4v) is 11.4. The summed E-state index contributed by atoms with van der Waals surface area (Å²) in [4.78, 5) is 144. The van der Waals surface area contributed by atoms with Crippen LogP contribution in [0.1, 0.15) is 107 Å². The van der Waals surface area contributed by atoms with E-state index in [1.165, 1.54) is 0 Å². The van der Waals surface area contributed by atoms with Crippen molar-refractivity contribution in [2.75, 3.05) is 19.6 Å². The zero-order chi connectivity index (χ0) is 75.9.